The van der Waals surface area contributed by atoms with Crippen LogP contribution in [0.2, 0.25) is 0 Å². The van der Waals surface area contributed by atoms with Crippen molar-refractivity contribution in [1.82, 2.24) is 0 Å². The van der Waals surface area contributed by atoms with Gasteiger partial charge in [-0.05, 0) is 23.5 Å². The second kappa shape index (κ2) is 5.66. The highest BCUT2D eigenvalue weighted by atomic mass is 35.5. The molecule has 1 aliphatic carbocycles. The molecule has 2 atom stereocenters. The Morgan fingerprint density at radius 3 is 2.67 bits per heavy atom. The van der Waals surface area contributed by atoms with E-state index in [-0.39, 0.29) is 33.3 Å². The van der Waals surface area contributed by atoms with Gasteiger partial charge in [-0.2, -0.15) is 0 Å². The Hall–Kier alpha value is -1.59. The van der Waals surface area contributed by atoms with Crippen molar-refractivity contribution in [3.8, 4) is 0 Å². The van der Waals surface area contributed by atoms with Gasteiger partial charge in [0.05, 0.1) is 10.8 Å². The Morgan fingerprint density at radius 1 is 1.43 bits per heavy atom. The third-order valence-electron chi connectivity index (χ3n) is 3.82. The van der Waals surface area contributed by atoms with Gasteiger partial charge >= 0.3 is 0 Å². The number of hydrogen-bond acceptors (Lipinski definition) is 3. The minimum absolute atomic E-state index is 0.0406. The van der Waals surface area contributed by atoms with Crippen molar-refractivity contribution >= 4 is 40.5 Å². The zero-order chi connectivity index (χ0) is 15.8. The van der Waals surface area contributed by atoms with Gasteiger partial charge < -0.3 is 5.32 Å². The summed E-state index contributed by atoms with van der Waals surface area (Å²) in [6, 6.07) is 5.83. The molecule has 5 nitrogen and oxygen atoms in total. The van der Waals surface area contributed by atoms with Gasteiger partial charge in [0.1, 0.15) is 4.49 Å². The largest absolute Gasteiger partial charge is 0.326 e. The summed E-state index contributed by atoms with van der Waals surface area (Å²) in [4.78, 5) is 22.5. The Labute approximate surface area is 132 Å². The Morgan fingerprint density at radius 2 is 2.10 bits per heavy atom. The number of amides is 1. The molecule has 0 aromatic heterocycles. The van der Waals surface area contributed by atoms with Gasteiger partial charge in [-0.1, -0.05) is 43.1 Å². The Bertz CT molecular complexity index is 624. The van der Waals surface area contributed by atoms with Crippen molar-refractivity contribution in [1.29, 1.82) is 0 Å². The van der Waals surface area contributed by atoms with Crippen molar-refractivity contribution in [2.24, 2.45) is 17.3 Å². The number of nitro groups is 1. The molecule has 112 valence electrons. The summed E-state index contributed by atoms with van der Waals surface area (Å²) < 4.78 is 0.138. The van der Waals surface area contributed by atoms with Crippen LogP contribution in [0.4, 0.5) is 11.4 Å². The molecule has 0 radical (unpaired) electrons. The molecule has 1 fully saturated rings. The summed E-state index contributed by atoms with van der Waals surface area (Å²) in [5.41, 5.74) is 0.0968. The first-order valence-corrected chi connectivity index (χ1v) is 7.07. The molecule has 0 bridgehead atoms. The van der Waals surface area contributed by atoms with Crippen LogP contribution >= 0.6 is 23.2 Å². The minimum atomic E-state index is -0.504. The lowest BCUT2D eigenvalue weighted by atomic mass is 10.1. The lowest BCUT2D eigenvalue weighted by Crippen LogP contribution is -2.16. The van der Waals surface area contributed by atoms with Crippen LogP contribution in [-0.2, 0) is 4.79 Å². The van der Waals surface area contributed by atoms with Crippen LogP contribution in [0.25, 0.3) is 0 Å². The fourth-order valence-electron chi connectivity index (χ4n) is 2.54. The van der Waals surface area contributed by atoms with Crippen molar-refractivity contribution in [3.63, 3.8) is 0 Å². The molecule has 0 aliphatic heterocycles. The van der Waals surface area contributed by atoms with E-state index in [0.717, 1.165) is 0 Å². The number of anilines is 1. The van der Waals surface area contributed by atoms with Crippen LogP contribution in [-0.4, -0.2) is 10.8 Å². The normalized spacial score (nSPS) is 22.3. The fraction of sp³-hybridized carbons (Fsp3) is 0.357. The second-order valence-corrected chi connectivity index (χ2v) is 6.59. The summed E-state index contributed by atoms with van der Waals surface area (Å²) in [5, 5.41) is 13.4. The number of carbonyl (C=O) groups is 1. The molecule has 1 N–H and O–H groups in total. The topological polar surface area (TPSA) is 72.2 Å². The smallest absolute Gasteiger partial charge is 0.271 e. The molecule has 1 amide bonds. The average molecular weight is 329 g/mol. The first-order valence-electron chi connectivity index (χ1n) is 6.31. The maximum atomic E-state index is 12.3. The maximum absolute atomic E-state index is 12.3. The number of allylic oxidation sites excluding steroid dienone is 1. The van der Waals surface area contributed by atoms with Crippen molar-refractivity contribution < 1.29 is 9.72 Å². The highest BCUT2D eigenvalue weighted by molar-refractivity contribution is 6.55. The zero-order valence-electron chi connectivity index (χ0n) is 11.5. The summed E-state index contributed by atoms with van der Waals surface area (Å²) in [5.74, 6) is -0.498. The molecule has 21 heavy (non-hydrogen) atoms. The molecule has 0 saturated heterocycles. The number of carbonyl (C=O) groups excluding carboxylic acids is 1. The van der Waals surface area contributed by atoms with E-state index in [1.165, 1.54) is 18.2 Å². The summed E-state index contributed by atoms with van der Waals surface area (Å²) in [6.07, 6.45) is 1.65. The predicted molar refractivity (Wildman–Crippen MR) is 82.3 cm³/mol. The van der Waals surface area contributed by atoms with E-state index in [2.05, 4.69) is 5.32 Å². The van der Waals surface area contributed by atoms with E-state index >= 15 is 0 Å². The number of hydrogen-bond donors (Lipinski definition) is 1. The summed E-state index contributed by atoms with van der Waals surface area (Å²) >= 11 is 11.3. The molecule has 1 saturated carbocycles. The third-order valence-corrected chi connectivity index (χ3v) is 4.08. The lowest BCUT2D eigenvalue weighted by molar-refractivity contribution is -0.384. The fourth-order valence-corrected chi connectivity index (χ4v) is 2.81. The van der Waals surface area contributed by atoms with E-state index in [0.29, 0.717) is 5.69 Å². The molecule has 0 heterocycles. The third kappa shape index (κ3) is 3.36. The van der Waals surface area contributed by atoms with Gasteiger partial charge in [-0.3, -0.25) is 14.9 Å². The standard InChI is InChI=1S/C14H14Cl2N2O3/c1-14(2)10(7-11(15)16)12(14)13(19)17-8-4-3-5-9(6-8)18(20)21/h3-7,10,12H,1-2H3,(H,17,19)/t10-,12+/m1/s1. The van der Waals surface area contributed by atoms with E-state index in [9.17, 15) is 14.9 Å². The van der Waals surface area contributed by atoms with Gasteiger partial charge in [-0.25, -0.2) is 0 Å². The molecular weight excluding hydrogens is 315 g/mol. The van der Waals surface area contributed by atoms with Crippen molar-refractivity contribution in [2.45, 2.75) is 13.8 Å². The van der Waals surface area contributed by atoms with Crippen LogP contribution in [0, 0.1) is 27.4 Å². The monoisotopic (exact) mass is 328 g/mol. The van der Waals surface area contributed by atoms with Crippen LogP contribution in [0.15, 0.2) is 34.8 Å². The Kier molecular flexibility index (Phi) is 4.25. The molecule has 7 heteroatoms. The zero-order valence-corrected chi connectivity index (χ0v) is 13.0. The number of nitrogens with one attached hydrogen (secondary N) is 1. The molecule has 2 rings (SSSR count). The predicted octanol–water partition coefficient (Wildman–Crippen LogP) is 4.12. The van der Waals surface area contributed by atoms with Gasteiger partial charge in [0, 0.05) is 17.8 Å². The van der Waals surface area contributed by atoms with E-state index in [4.69, 9.17) is 23.2 Å². The average Bonchev–Trinajstić information content (AvgIpc) is 2.90. The number of nitro benzene ring substituents is 1. The van der Waals surface area contributed by atoms with Crippen LogP contribution in [0.1, 0.15) is 13.8 Å². The van der Waals surface area contributed by atoms with Gasteiger partial charge in [0.25, 0.3) is 5.69 Å². The highest BCUT2D eigenvalue weighted by Crippen LogP contribution is 2.60. The molecule has 1 aliphatic rings. The first-order chi connectivity index (χ1) is 9.73. The Balaban J connectivity index is 2.11. The SMILES string of the molecule is CC1(C)[C@H](C=C(Cl)Cl)[C@H]1C(=O)Nc1cccc([N+](=O)[O-])c1. The number of non-ortho nitro benzene ring substituents is 1. The van der Waals surface area contributed by atoms with Crippen LogP contribution in [0.3, 0.4) is 0 Å². The molecule has 1 aromatic rings. The molecular formula is C14H14Cl2N2O3. The van der Waals surface area contributed by atoms with Crippen LogP contribution in [0.5, 0.6) is 0 Å². The molecule has 0 unspecified atom stereocenters. The van der Waals surface area contributed by atoms with E-state index in [1.807, 2.05) is 13.8 Å². The molecule has 0 spiro atoms. The van der Waals surface area contributed by atoms with Crippen molar-refractivity contribution in [3.05, 3.63) is 44.9 Å². The summed E-state index contributed by atoms with van der Waals surface area (Å²) in [7, 11) is 0. The van der Waals surface area contributed by atoms with E-state index in [1.54, 1.807) is 12.1 Å². The highest BCUT2D eigenvalue weighted by Gasteiger charge is 2.60. The van der Waals surface area contributed by atoms with Gasteiger partial charge in [0.15, 0.2) is 0 Å². The van der Waals surface area contributed by atoms with E-state index < -0.39 is 4.92 Å². The number of nitrogens with zero attached hydrogens (tertiary/aromatic N) is 1. The summed E-state index contributed by atoms with van der Waals surface area (Å²) in [6.45, 7) is 3.89. The van der Waals surface area contributed by atoms with Gasteiger partial charge in [0.2, 0.25) is 5.91 Å². The quantitative estimate of drug-likeness (QED) is 0.667. The number of benzene rings is 1. The van der Waals surface area contributed by atoms with Crippen molar-refractivity contribution in [2.75, 3.05) is 5.32 Å². The number of halogens is 2. The second-order valence-electron chi connectivity index (χ2n) is 5.58. The minimum Gasteiger partial charge on any atom is -0.326 e. The van der Waals surface area contributed by atoms with Crippen LogP contribution < -0.4 is 5.32 Å². The first kappa shape index (κ1) is 15.8. The lowest BCUT2D eigenvalue weighted by Gasteiger charge is -2.05. The maximum Gasteiger partial charge on any atom is 0.271 e. The van der Waals surface area contributed by atoms with Gasteiger partial charge in [-0.15, -0.1) is 0 Å². The number of rotatable bonds is 4. The molecule has 1 aromatic carbocycles.